The maximum Gasteiger partial charge on any atom is 0.315 e. The number of nitro groups is 1. The van der Waals surface area contributed by atoms with Gasteiger partial charge in [0.1, 0.15) is 0 Å². The topological polar surface area (TPSA) is 114 Å². The Bertz CT molecular complexity index is 717. The largest absolute Gasteiger partial charge is 0.504 e. The van der Waals surface area contributed by atoms with E-state index < -0.39 is 39.4 Å². The van der Waals surface area contributed by atoms with Crippen LogP contribution >= 0.6 is 0 Å². The summed E-state index contributed by atoms with van der Waals surface area (Å²) >= 11 is 0. The van der Waals surface area contributed by atoms with E-state index in [0.29, 0.717) is 0 Å². The zero-order valence-corrected chi connectivity index (χ0v) is 9.78. The molecule has 0 radical (unpaired) electrons. The molecule has 1 aromatic carbocycles. The van der Waals surface area contributed by atoms with Gasteiger partial charge >= 0.3 is 5.69 Å². The average molecular weight is 278 g/mol. The molecule has 0 atom stereocenters. The van der Waals surface area contributed by atoms with Crippen LogP contribution in [0.3, 0.4) is 0 Å². The minimum absolute atomic E-state index is 0.334. The number of carbonyl (C=O) groups is 1. The maximum absolute atomic E-state index is 13.4. The molecule has 0 spiro atoms. The highest BCUT2D eigenvalue weighted by Gasteiger charge is 2.23. The van der Waals surface area contributed by atoms with Gasteiger partial charge in [-0.25, -0.2) is 4.98 Å². The monoisotopic (exact) mass is 278 g/mol. The van der Waals surface area contributed by atoms with Gasteiger partial charge in [0.15, 0.2) is 11.5 Å². The fraction of sp³-hybridized carbons (Fsp3) is 0. The van der Waals surface area contributed by atoms with Gasteiger partial charge in [-0.2, -0.15) is 4.39 Å². The van der Waals surface area contributed by atoms with Crippen LogP contribution in [0.25, 0.3) is 0 Å². The molecule has 7 nitrogen and oxygen atoms in total. The van der Waals surface area contributed by atoms with Crippen LogP contribution in [0.2, 0.25) is 0 Å². The predicted molar refractivity (Wildman–Crippen MR) is 64.1 cm³/mol. The first kappa shape index (κ1) is 13.4. The second-order valence-electron chi connectivity index (χ2n) is 3.79. The predicted octanol–water partition coefficient (Wildman–Crippen LogP) is 1.77. The third-order valence-electron chi connectivity index (χ3n) is 2.53. The molecule has 2 N–H and O–H groups in total. The van der Waals surface area contributed by atoms with E-state index in [1.807, 2.05) is 0 Å². The van der Waals surface area contributed by atoms with E-state index in [1.165, 1.54) is 6.07 Å². The first-order chi connectivity index (χ1) is 9.41. The molecule has 0 unspecified atom stereocenters. The molecule has 0 aliphatic heterocycles. The molecule has 20 heavy (non-hydrogen) atoms. The molecule has 1 heterocycles. The number of carbonyl (C=O) groups excluding carboxylic acids is 1. The number of nitro benzene ring substituents is 1. The number of hydrogen-bond donors (Lipinski definition) is 2. The lowest BCUT2D eigenvalue weighted by Gasteiger charge is -2.04. The molecule has 2 rings (SSSR count). The number of phenolic OH excluding ortho intramolecular Hbond substituents is 2. The number of benzene rings is 1. The molecule has 0 fully saturated rings. The van der Waals surface area contributed by atoms with Crippen LogP contribution in [0.5, 0.6) is 11.5 Å². The van der Waals surface area contributed by atoms with Crippen molar-refractivity contribution >= 4 is 11.5 Å². The second-order valence-corrected chi connectivity index (χ2v) is 3.79. The molecule has 0 saturated heterocycles. The number of phenols is 2. The first-order valence-electron chi connectivity index (χ1n) is 5.27. The Morgan fingerprint density at radius 1 is 1.35 bits per heavy atom. The summed E-state index contributed by atoms with van der Waals surface area (Å²) in [5.41, 5.74) is -1.58. The Morgan fingerprint density at radius 2 is 2.05 bits per heavy atom. The van der Waals surface area contributed by atoms with E-state index >= 15 is 0 Å². The summed E-state index contributed by atoms with van der Waals surface area (Å²) in [4.78, 5) is 25.0. The molecule has 0 saturated carbocycles. The lowest BCUT2D eigenvalue weighted by Crippen LogP contribution is -2.06. The average Bonchev–Trinajstić information content (AvgIpc) is 2.41. The molecule has 2 aromatic rings. The Balaban J connectivity index is 2.57. The van der Waals surface area contributed by atoms with Crippen molar-refractivity contribution in [2.75, 3.05) is 0 Å². The standard InChI is InChI=1S/C12H7FN2O5/c13-12-7(2-1-3-14-12)10(17)6-4-8(15(19)20)11(18)9(16)5-6/h1-5,16,18H. The first-order valence-corrected chi connectivity index (χ1v) is 5.27. The van der Waals surface area contributed by atoms with Crippen LogP contribution in [0.4, 0.5) is 10.1 Å². The van der Waals surface area contributed by atoms with Crippen LogP contribution in [-0.2, 0) is 0 Å². The van der Waals surface area contributed by atoms with Gasteiger partial charge in [0.05, 0.1) is 10.5 Å². The lowest BCUT2D eigenvalue weighted by atomic mass is 10.0. The molecule has 1 aromatic heterocycles. The summed E-state index contributed by atoms with van der Waals surface area (Å²) in [7, 11) is 0. The van der Waals surface area contributed by atoms with E-state index in [1.54, 1.807) is 0 Å². The summed E-state index contributed by atoms with van der Waals surface area (Å²) in [6.07, 6.45) is 1.14. The number of aromatic nitrogens is 1. The molecule has 8 heteroatoms. The van der Waals surface area contributed by atoms with Gasteiger partial charge in [-0.3, -0.25) is 14.9 Å². The molecule has 0 amide bonds. The van der Waals surface area contributed by atoms with Gasteiger partial charge in [-0.05, 0) is 18.2 Å². The van der Waals surface area contributed by atoms with Gasteiger partial charge in [0, 0.05) is 17.8 Å². The molecule has 102 valence electrons. The zero-order valence-electron chi connectivity index (χ0n) is 9.78. The molecular weight excluding hydrogens is 271 g/mol. The number of pyridine rings is 1. The van der Waals surface area contributed by atoms with E-state index in [0.717, 1.165) is 24.4 Å². The van der Waals surface area contributed by atoms with E-state index in [4.69, 9.17) is 0 Å². The highest BCUT2D eigenvalue weighted by molar-refractivity contribution is 6.09. The smallest absolute Gasteiger partial charge is 0.315 e. The van der Waals surface area contributed by atoms with Gasteiger partial charge in [0.2, 0.25) is 11.7 Å². The fourth-order valence-corrected chi connectivity index (χ4v) is 1.59. The van der Waals surface area contributed by atoms with E-state index in [-0.39, 0.29) is 5.56 Å². The Hall–Kier alpha value is -3.03. The number of nitrogens with zero attached hydrogens (tertiary/aromatic N) is 2. The van der Waals surface area contributed by atoms with Gasteiger partial charge in [-0.1, -0.05) is 0 Å². The van der Waals surface area contributed by atoms with Crippen LogP contribution in [0.15, 0.2) is 30.5 Å². The third-order valence-corrected chi connectivity index (χ3v) is 2.53. The van der Waals surface area contributed by atoms with Gasteiger partial charge in [-0.15, -0.1) is 0 Å². The zero-order chi connectivity index (χ0) is 14.9. The Labute approximate surface area is 111 Å². The molecular formula is C12H7FN2O5. The third kappa shape index (κ3) is 2.26. The van der Waals surface area contributed by atoms with Crippen LogP contribution in [-0.4, -0.2) is 25.9 Å². The molecule has 0 aliphatic carbocycles. The van der Waals surface area contributed by atoms with Gasteiger partial charge < -0.3 is 10.2 Å². The quantitative estimate of drug-likeness (QED) is 0.291. The van der Waals surface area contributed by atoms with Crippen molar-refractivity contribution < 1.29 is 24.3 Å². The van der Waals surface area contributed by atoms with Crippen molar-refractivity contribution in [3.63, 3.8) is 0 Å². The van der Waals surface area contributed by atoms with Crippen molar-refractivity contribution in [3.8, 4) is 11.5 Å². The van der Waals surface area contributed by atoms with Crippen LogP contribution < -0.4 is 0 Å². The summed E-state index contributed by atoms with van der Waals surface area (Å²) in [6, 6.07) is 4.05. The summed E-state index contributed by atoms with van der Waals surface area (Å²) < 4.78 is 13.4. The summed E-state index contributed by atoms with van der Waals surface area (Å²) in [6.45, 7) is 0. The van der Waals surface area contributed by atoms with Crippen molar-refractivity contribution in [2.45, 2.75) is 0 Å². The Morgan fingerprint density at radius 3 is 2.65 bits per heavy atom. The van der Waals surface area contributed by atoms with Crippen LogP contribution in [0.1, 0.15) is 15.9 Å². The van der Waals surface area contributed by atoms with Gasteiger partial charge in [0.25, 0.3) is 0 Å². The SMILES string of the molecule is O=C(c1cc(O)c(O)c([N+](=O)[O-])c1)c1cccnc1F. The van der Waals surface area contributed by atoms with Crippen molar-refractivity contribution in [1.29, 1.82) is 0 Å². The fourth-order valence-electron chi connectivity index (χ4n) is 1.59. The van der Waals surface area contributed by atoms with E-state index in [9.17, 15) is 29.5 Å². The van der Waals surface area contributed by atoms with E-state index in [2.05, 4.69) is 4.98 Å². The summed E-state index contributed by atoms with van der Waals surface area (Å²) in [5.74, 6) is -3.73. The number of hydrogen-bond acceptors (Lipinski definition) is 6. The summed E-state index contributed by atoms with van der Waals surface area (Å²) in [5, 5.41) is 29.4. The number of aromatic hydroxyl groups is 2. The van der Waals surface area contributed by atoms with Crippen molar-refractivity contribution in [1.82, 2.24) is 4.98 Å². The highest BCUT2D eigenvalue weighted by Crippen LogP contribution is 2.36. The van der Waals surface area contributed by atoms with Crippen molar-refractivity contribution in [3.05, 3.63) is 57.7 Å². The van der Waals surface area contributed by atoms with Crippen molar-refractivity contribution in [2.24, 2.45) is 0 Å². The van der Waals surface area contributed by atoms with Crippen LogP contribution in [0, 0.1) is 16.1 Å². The lowest BCUT2D eigenvalue weighted by molar-refractivity contribution is -0.386. The minimum atomic E-state index is -1.03. The normalized spacial score (nSPS) is 10.2. The number of halogens is 1. The number of ketones is 1. The second kappa shape index (κ2) is 4.92. The Kier molecular flexibility index (Phi) is 3.30. The molecule has 0 bridgehead atoms. The minimum Gasteiger partial charge on any atom is -0.504 e. The number of rotatable bonds is 3. The highest BCUT2D eigenvalue weighted by atomic mass is 19.1. The maximum atomic E-state index is 13.4. The molecule has 0 aliphatic rings.